The molecule has 2 N–H and O–H groups in total. The summed E-state index contributed by atoms with van der Waals surface area (Å²) in [5, 5.41) is 4.06. The molecular formula is C12H14ClN3O3S. The Balaban J connectivity index is 2.58. The highest BCUT2D eigenvalue weighted by atomic mass is 35.5. The van der Waals surface area contributed by atoms with Gasteiger partial charge < -0.3 is 10.3 Å². The normalized spacial score (nSPS) is 11.6. The summed E-state index contributed by atoms with van der Waals surface area (Å²) in [5.41, 5.74) is 6.73. The predicted molar refractivity (Wildman–Crippen MR) is 77.4 cm³/mol. The van der Waals surface area contributed by atoms with Gasteiger partial charge >= 0.3 is 0 Å². The molecule has 0 atom stereocenters. The number of sulfonamides is 1. The second-order valence-corrected chi connectivity index (χ2v) is 6.67. The lowest BCUT2D eigenvalue weighted by molar-refractivity contribution is 0.390. The topological polar surface area (TPSA) is 89.4 Å². The number of rotatable bonds is 3. The highest BCUT2D eigenvalue weighted by Gasteiger charge is 2.29. The first-order chi connectivity index (χ1) is 9.25. The second kappa shape index (κ2) is 4.99. The van der Waals surface area contributed by atoms with Gasteiger partial charge in [0.05, 0.1) is 11.4 Å². The number of aryl methyl sites for hydroxylation is 2. The zero-order chi connectivity index (χ0) is 15.1. The Morgan fingerprint density at radius 2 is 2.00 bits per heavy atom. The average Bonchev–Trinajstić information content (AvgIpc) is 2.71. The molecular weight excluding hydrogens is 302 g/mol. The number of nitrogen functional groups attached to an aromatic ring is 1. The van der Waals surface area contributed by atoms with Crippen LogP contribution in [0, 0.1) is 13.8 Å². The smallest absolute Gasteiger partial charge is 0.269 e. The number of aromatic nitrogens is 1. The van der Waals surface area contributed by atoms with Crippen LogP contribution in [-0.4, -0.2) is 20.6 Å². The molecule has 0 spiro atoms. The molecule has 0 saturated heterocycles. The zero-order valence-electron chi connectivity index (χ0n) is 11.2. The van der Waals surface area contributed by atoms with Crippen LogP contribution in [0.2, 0.25) is 5.02 Å². The van der Waals surface area contributed by atoms with E-state index in [4.69, 9.17) is 21.9 Å². The van der Waals surface area contributed by atoms with E-state index in [0.717, 1.165) is 4.31 Å². The van der Waals surface area contributed by atoms with Crippen molar-refractivity contribution < 1.29 is 12.9 Å². The Bertz CT molecular complexity index is 736. The maximum absolute atomic E-state index is 12.6. The largest absolute Gasteiger partial charge is 0.397 e. The lowest BCUT2D eigenvalue weighted by Gasteiger charge is -2.21. The van der Waals surface area contributed by atoms with Gasteiger partial charge in [-0.2, -0.15) is 0 Å². The lowest BCUT2D eigenvalue weighted by Crippen LogP contribution is -2.28. The van der Waals surface area contributed by atoms with Gasteiger partial charge in [0.15, 0.2) is 10.7 Å². The molecule has 0 fully saturated rings. The molecule has 1 heterocycles. The zero-order valence-corrected chi connectivity index (χ0v) is 12.8. The molecule has 0 aliphatic carbocycles. The fraction of sp³-hybridized carbons (Fsp3) is 0.250. The molecule has 2 rings (SSSR count). The lowest BCUT2D eigenvalue weighted by atomic mass is 10.3. The van der Waals surface area contributed by atoms with Gasteiger partial charge in [-0.15, -0.1) is 0 Å². The van der Waals surface area contributed by atoms with Gasteiger partial charge in [-0.3, -0.25) is 4.31 Å². The monoisotopic (exact) mass is 315 g/mol. The molecule has 2 aromatic rings. The van der Waals surface area contributed by atoms with Crippen molar-refractivity contribution >= 4 is 33.0 Å². The molecule has 1 aromatic carbocycles. The molecule has 0 saturated carbocycles. The highest BCUT2D eigenvalue weighted by molar-refractivity contribution is 7.92. The van der Waals surface area contributed by atoms with Crippen LogP contribution in [0.4, 0.5) is 11.4 Å². The summed E-state index contributed by atoms with van der Waals surface area (Å²) >= 11 is 5.89. The van der Waals surface area contributed by atoms with Crippen LogP contribution in [0.1, 0.15) is 11.5 Å². The van der Waals surface area contributed by atoms with Gasteiger partial charge in [0.25, 0.3) is 10.0 Å². The van der Waals surface area contributed by atoms with Crippen molar-refractivity contribution in [3.8, 4) is 0 Å². The number of nitrogens with two attached hydrogens (primary N) is 1. The molecule has 0 radical (unpaired) electrons. The van der Waals surface area contributed by atoms with Gasteiger partial charge in [0.2, 0.25) is 0 Å². The number of benzene rings is 1. The number of hydrogen-bond donors (Lipinski definition) is 1. The molecule has 8 heteroatoms. The van der Waals surface area contributed by atoms with Crippen molar-refractivity contribution in [1.29, 1.82) is 0 Å². The summed E-state index contributed by atoms with van der Waals surface area (Å²) in [7, 11) is -2.40. The van der Waals surface area contributed by atoms with Crippen LogP contribution in [0.25, 0.3) is 0 Å². The molecule has 0 amide bonds. The van der Waals surface area contributed by atoms with Crippen LogP contribution in [0.5, 0.6) is 0 Å². The van der Waals surface area contributed by atoms with E-state index in [1.54, 1.807) is 26.0 Å². The molecule has 20 heavy (non-hydrogen) atoms. The van der Waals surface area contributed by atoms with Crippen LogP contribution in [-0.2, 0) is 10.0 Å². The van der Waals surface area contributed by atoms with E-state index in [-0.39, 0.29) is 10.7 Å². The summed E-state index contributed by atoms with van der Waals surface area (Å²) in [5.74, 6) is 0.231. The first-order valence-corrected chi connectivity index (χ1v) is 7.53. The maximum atomic E-state index is 12.6. The summed E-state index contributed by atoms with van der Waals surface area (Å²) in [6, 6.07) is 4.64. The summed E-state index contributed by atoms with van der Waals surface area (Å²) in [6.07, 6.45) is 0. The van der Waals surface area contributed by atoms with Crippen molar-refractivity contribution in [2.75, 3.05) is 17.1 Å². The highest BCUT2D eigenvalue weighted by Crippen LogP contribution is 2.32. The minimum absolute atomic E-state index is 0.0411. The fourth-order valence-electron chi connectivity index (χ4n) is 1.90. The Morgan fingerprint density at radius 1 is 1.35 bits per heavy atom. The summed E-state index contributed by atoms with van der Waals surface area (Å²) < 4.78 is 31.2. The third kappa shape index (κ3) is 2.34. The van der Waals surface area contributed by atoms with Crippen LogP contribution in [0.3, 0.4) is 0 Å². The van der Waals surface area contributed by atoms with Gasteiger partial charge in [-0.25, -0.2) is 8.42 Å². The molecule has 0 bridgehead atoms. The first-order valence-electron chi connectivity index (χ1n) is 5.72. The standard InChI is InChI=1S/C12H14ClN3O3S/c1-7-12(8(2)19-15-7)20(17,18)16(3)11-6-9(13)4-5-10(11)14/h4-6H,14H2,1-3H3. The van der Waals surface area contributed by atoms with E-state index in [0.29, 0.717) is 22.1 Å². The molecule has 108 valence electrons. The van der Waals surface area contributed by atoms with E-state index < -0.39 is 10.0 Å². The van der Waals surface area contributed by atoms with Crippen molar-refractivity contribution in [2.24, 2.45) is 0 Å². The summed E-state index contributed by atoms with van der Waals surface area (Å²) in [4.78, 5) is 0.0411. The Morgan fingerprint density at radius 3 is 2.55 bits per heavy atom. The van der Waals surface area contributed by atoms with E-state index in [1.165, 1.54) is 13.1 Å². The molecule has 0 aliphatic rings. The quantitative estimate of drug-likeness (QED) is 0.878. The Labute approximate surface area is 122 Å². The minimum Gasteiger partial charge on any atom is -0.397 e. The van der Waals surface area contributed by atoms with E-state index in [2.05, 4.69) is 5.16 Å². The van der Waals surface area contributed by atoms with Gasteiger partial charge in [-0.1, -0.05) is 16.8 Å². The van der Waals surface area contributed by atoms with Gasteiger partial charge in [0.1, 0.15) is 5.69 Å². The number of hydrogen-bond acceptors (Lipinski definition) is 5. The molecule has 1 aromatic heterocycles. The third-order valence-corrected chi connectivity index (χ3v) is 5.17. The number of halogens is 1. The van der Waals surface area contributed by atoms with E-state index in [1.807, 2.05) is 0 Å². The molecule has 0 unspecified atom stereocenters. The van der Waals surface area contributed by atoms with E-state index >= 15 is 0 Å². The Kier molecular flexibility index (Phi) is 3.66. The van der Waals surface area contributed by atoms with Crippen LogP contribution in [0.15, 0.2) is 27.6 Å². The second-order valence-electron chi connectivity index (χ2n) is 4.33. The molecule has 0 aliphatic heterocycles. The SMILES string of the molecule is Cc1noc(C)c1S(=O)(=O)N(C)c1cc(Cl)ccc1N. The van der Waals surface area contributed by atoms with Gasteiger partial charge in [0, 0.05) is 12.1 Å². The minimum atomic E-state index is -3.81. The third-order valence-electron chi connectivity index (χ3n) is 2.92. The van der Waals surface area contributed by atoms with E-state index in [9.17, 15) is 8.42 Å². The fourth-order valence-corrected chi connectivity index (χ4v) is 3.57. The predicted octanol–water partition coefficient (Wildman–Crippen LogP) is 2.35. The Hall–Kier alpha value is -1.73. The van der Waals surface area contributed by atoms with Crippen molar-refractivity contribution in [1.82, 2.24) is 5.16 Å². The average molecular weight is 316 g/mol. The van der Waals surface area contributed by atoms with Crippen LogP contribution < -0.4 is 10.0 Å². The van der Waals surface area contributed by atoms with Crippen molar-refractivity contribution in [3.63, 3.8) is 0 Å². The van der Waals surface area contributed by atoms with Crippen LogP contribution >= 0.6 is 11.6 Å². The van der Waals surface area contributed by atoms with Gasteiger partial charge in [-0.05, 0) is 32.0 Å². The van der Waals surface area contributed by atoms with Crippen molar-refractivity contribution in [3.05, 3.63) is 34.7 Å². The number of nitrogens with zero attached hydrogens (tertiary/aromatic N) is 2. The maximum Gasteiger partial charge on any atom is 0.269 e. The first kappa shape index (κ1) is 14.7. The summed E-state index contributed by atoms with van der Waals surface area (Å²) in [6.45, 7) is 3.11. The van der Waals surface area contributed by atoms with Crippen molar-refractivity contribution in [2.45, 2.75) is 18.7 Å². The number of anilines is 2. The molecule has 6 nitrogen and oxygen atoms in total.